The number of benzene rings is 2. The molecule has 0 aliphatic heterocycles. The molecule has 0 aromatic heterocycles. The average molecular weight is 360 g/mol. The monoisotopic (exact) mass is 360 g/mol. The molecule has 0 aliphatic carbocycles. The van der Waals surface area contributed by atoms with Crippen LogP contribution >= 0.6 is 0 Å². The molecule has 0 fully saturated rings. The van der Waals surface area contributed by atoms with Crippen LogP contribution in [0.4, 0.5) is 0 Å². The van der Waals surface area contributed by atoms with Gasteiger partial charge in [0.1, 0.15) is 0 Å². The van der Waals surface area contributed by atoms with Gasteiger partial charge in [0.05, 0.1) is 4.90 Å². The molecule has 0 atom stereocenters. The minimum absolute atomic E-state index is 0.137. The van der Waals surface area contributed by atoms with Gasteiger partial charge in [0.15, 0.2) is 0 Å². The lowest BCUT2D eigenvalue weighted by Gasteiger charge is -2.20. The number of aryl methyl sites for hydroxylation is 1. The van der Waals surface area contributed by atoms with E-state index in [0.717, 1.165) is 11.1 Å². The van der Waals surface area contributed by atoms with Crippen molar-refractivity contribution >= 4 is 15.9 Å². The number of rotatable bonds is 5. The van der Waals surface area contributed by atoms with Crippen LogP contribution in [0.25, 0.3) is 0 Å². The predicted octanol–water partition coefficient (Wildman–Crippen LogP) is 3.00. The van der Waals surface area contributed by atoms with E-state index in [9.17, 15) is 13.2 Å². The highest BCUT2D eigenvalue weighted by atomic mass is 32.2. The first-order chi connectivity index (χ1) is 11.6. The van der Waals surface area contributed by atoms with E-state index in [-0.39, 0.29) is 10.8 Å². The zero-order valence-corrected chi connectivity index (χ0v) is 15.8. The lowest BCUT2D eigenvalue weighted by Crippen LogP contribution is -2.40. The molecule has 0 spiro atoms. The van der Waals surface area contributed by atoms with Gasteiger partial charge in [0.25, 0.3) is 5.91 Å². The molecule has 0 bridgehead atoms. The van der Waals surface area contributed by atoms with Gasteiger partial charge >= 0.3 is 0 Å². The number of nitrogens with one attached hydrogen (secondary N) is 2. The first-order valence-electron chi connectivity index (χ1n) is 8.05. The molecule has 134 valence electrons. The van der Waals surface area contributed by atoms with Crippen molar-refractivity contribution in [3.63, 3.8) is 0 Å². The maximum Gasteiger partial charge on any atom is 0.251 e. The Kier molecular flexibility index (Phi) is 5.65. The Morgan fingerprint density at radius 2 is 1.52 bits per heavy atom. The minimum atomic E-state index is -3.60. The van der Waals surface area contributed by atoms with Gasteiger partial charge in [-0.2, -0.15) is 0 Å². The van der Waals surface area contributed by atoms with Crippen LogP contribution < -0.4 is 10.0 Å². The van der Waals surface area contributed by atoms with Crippen LogP contribution in [-0.2, 0) is 16.6 Å². The standard InChI is InChI=1S/C19H24N2O3S/c1-14-5-7-15(8-6-14)13-20-18(22)16-9-11-17(12-10-16)25(23,24)21-19(2,3)4/h5-12,21H,13H2,1-4H3,(H,20,22). The second-order valence-electron chi connectivity index (χ2n) is 7.05. The second-order valence-corrected chi connectivity index (χ2v) is 8.73. The number of sulfonamides is 1. The summed E-state index contributed by atoms with van der Waals surface area (Å²) < 4.78 is 27.1. The Morgan fingerprint density at radius 3 is 2.04 bits per heavy atom. The van der Waals surface area contributed by atoms with Crippen molar-refractivity contribution in [3.8, 4) is 0 Å². The largest absolute Gasteiger partial charge is 0.348 e. The van der Waals surface area contributed by atoms with Crippen LogP contribution in [0.2, 0.25) is 0 Å². The van der Waals surface area contributed by atoms with E-state index in [1.54, 1.807) is 20.8 Å². The van der Waals surface area contributed by atoms with Crippen LogP contribution in [0.5, 0.6) is 0 Å². The summed E-state index contributed by atoms with van der Waals surface area (Å²) in [5.74, 6) is -0.242. The quantitative estimate of drug-likeness (QED) is 0.861. The molecule has 2 aromatic rings. The van der Waals surface area contributed by atoms with Gasteiger partial charge in [-0.1, -0.05) is 29.8 Å². The Labute approximate surface area is 149 Å². The predicted molar refractivity (Wildman–Crippen MR) is 98.9 cm³/mol. The van der Waals surface area contributed by atoms with Gasteiger partial charge in [0, 0.05) is 17.6 Å². The number of carbonyl (C=O) groups is 1. The molecule has 2 N–H and O–H groups in total. The third-order valence-corrected chi connectivity index (χ3v) is 5.21. The second kappa shape index (κ2) is 7.37. The van der Waals surface area contributed by atoms with Crippen LogP contribution in [0.3, 0.4) is 0 Å². The summed E-state index contributed by atoms with van der Waals surface area (Å²) in [6.45, 7) is 7.75. The highest BCUT2D eigenvalue weighted by Gasteiger charge is 2.22. The number of hydrogen-bond acceptors (Lipinski definition) is 3. The molecule has 0 heterocycles. The van der Waals surface area contributed by atoms with E-state index in [0.29, 0.717) is 12.1 Å². The maximum absolute atomic E-state index is 12.3. The zero-order valence-electron chi connectivity index (χ0n) is 15.0. The summed E-state index contributed by atoms with van der Waals surface area (Å²) in [6.07, 6.45) is 0. The molecule has 5 nitrogen and oxygen atoms in total. The van der Waals surface area contributed by atoms with Gasteiger partial charge in [-0.25, -0.2) is 13.1 Å². The molecule has 0 saturated carbocycles. The Morgan fingerprint density at radius 1 is 0.960 bits per heavy atom. The summed E-state index contributed by atoms with van der Waals surface area (Å²) in [7, 11) is -3.60. The topological polar surface area (TPSA) is 75.3 Å². The molecule has 0 aliphatic rings. The van der Waals surface area contributed by atoms with Gasteiger partial charge in [-0.3, -0.25) is 4.79 Å². The highest BCUT2D eigenvalue weighted by molar-refractivity contribution is 7.89. The summed E-state index contributed by atoms with van der Waals surface area (Å²) in [5, 5.41) is 2.83. The number of amides is 1. The molecule has 6 heteroatoms. The van der Waals surface area contributed by atoms with Crippen LogP contribution in [-0.4, -0.2) is 19.9 Å². The van der Waals surface area contributed by atoms with Crippen molar-refractivity contribution in [1.82, 2.24) is 10.0 Å². The van der Waals surface area contributed by atoms with Crippen LogP contribution in [0.1, 0.15) is 42.3 Å². The lowest BCUT2D eigenvalue weighted by atomic mass is 10.1. The molecule has 25 heavy (non-hydrogen) atoms. The van der Waals surface area contributed by atoms with E-state index in [2.05, 4.69) is 10.0 Å². The summed E-state index contributed by atoms with van der Waals surface area (Å²) >= 11 is 0. The van der Waals surface area contributed by atoms with Crippen LogP contribution in [0, 0.1) is 6.92 Å². The molecule has 1 amide bonds. The van der Waals surface area contributed by atoms with E-state index >= 15 is 0 Å². The van der Waals surface area contributed by atoms with Crippen LogP contribution in [0.15, 0.2) is 53.4 Å². The van der Waals surface area contributed by atoms with Gasteiger partial charge in [-0.05, 0) is 57.5 Å². The van der Waals surface area contributed by atoms with Crippen molar-refractivity contribution in [1.29, 1.82) is 0 Å². The van der Waals surface area contributed by atoms with Crippen molar-refractivity contribution in [2.75, 3.05) is 0 Å². The number of carbonyl (C=O) groups excluding carboxylic acids is 1. The van der Waals surface area contributed by atoms with E-state index in [4.69, 9.17) is 0 Å². The third-order valence-electron chi connectivity index (χ3n) is 3.44. The highest BCUT2D eigenvalue weighted by Crippen LogP contribution is 2.14. The lowest BCUT2D eigenvalue weighted by molar-refractivity contribution is 0.0951. The van der Waals surface area contributed by atoms with E-state index < -0.39 is 15.6 Å². The normalized spacial score (nSPS) is 12.0. The summed E-state index contributed by atoms with van der Waals surface area (Å²) in [6, 6.07) is 13.8. The number of hydrogen-bond donors (Lipinski definition) is 2. The maximum atomic E-state index is 12.3. The van der Waals surface area contributed by atoms with Gasteiger partial charge in [0.2, 0.25) is 10.0 Å². The molecule has 2 aromatic carbocycles. The fourth-order valence-electron chi connectivity index (χ4n) is 2.24. The van der Waals surface area contributed by atoms with E-state index in [1.807, 2.05) is 31.2 Å². The first kappa shape index (κ1) is 19.1. The summed E-state index contributed by atoms with van der Waals surface area (Å²) in [5.41, 5.74) is 2.02. The molecule has 0 radical (unpaired) electrons. The van der Waals surface area contributed by atoms with Crippen molar-refractivity contribution < 1.29 is 13.2 Å². The minimum Gasteiger partial charge on any atom is -0.348 e. The SMILES string of the molecule is Cc1ccc(CNC(=O)c2ccc(S(=O)(=O)NC(C)(C)C)cc2)cc1. The van der Waals surface area contributed by atoms with E-state index in [1.165, 1.54) is 24.3 Å². The molecule has 2 rings (SSSR count). The molecular weight excluding hydrogens is 336 g/mol. The van der Waals surface area contributed by atoms with Crippen molar-refractivity contribution in [2.45, 2.75) is 44.7 Å². The van der Waals surface area contributed by atoms with Gasteiger partial charge in [-0.15, -0.1) is 0 Å². The fraction of sp³-hybridized carbons (Fsp3) is 0.316. The van der Waals surface area contributed by atoms with Gasteiger partial charge < -0.3 is 5.32 Å². The fourth-order valence-corrected chi connectivity index (χ4v) is 3.66. The molecule has 0 unspecified atom stereocenters. The third kappa shape index (κ3) is 5.69. The van der Waals surface area contributed by atoms with Crippen molar-refractivity contribution in [2.24, 2.45) is 0 Å². The summed E-state index contributed by atoms with van der Waals surface area (Å²) in [4.78, 5) is 12.3. The molecule has 0 saturated heterocycles. The average Bonchev–Trinajstić information content (AvgIpc) is 2.52. The smallest absolute Gasteiger partial charge is 0.251 e. The zero-order chi connectivity index (χ0) is 18.7. The Bertz CT molecular complexity index is 834. The Hall–Kier alpha value is -2.18. The van der Waals surface area contributed by atoms with Crippen molar-refractivity contribution in [3.05, 3.63) is 65.2 Å². The Balaban J connectivity index is 2.03. The first-order valence-corrected chi connectivity index (χ1v) is 9.53. The molecular formula is C19H24N2O3S.